The molecule has 3 N–H and O–H groups in total. The van der Waals surface area contributed by atoms with Gasteiger partial charge in [-0.1, -0.05) is 12.1 Å². The van der Waals surface area contributed by atoms with E-state index in [0.717, 1.165) is 0 Å². The Kier molecular flexibility index (Phi) is 3.66. The standard InChI is InChI=1S/C11H10N2O7S/c12-7-4-2-1-3-6(7)11(16)20-13-9(14)5-8(10(13)15)21(17,18)19/h1-4,8H,5,12H2,(H,17,18,19). The molecule has 21 heavy (non-hydrogen) atoms. The molecule has 0 aromatic heterocycles. The second kappa shape index (κ2) is 5.14. The first-order valence-corrected chi connectivity index (χ1v) is 7.12. The Morgan fingerprint density at radius 3 is 2.48 bits per heavy atom. The summed E-state index contributed by atoms with van der Waals surface area (Å²) in [6, 6.07) is 5.77. The lowest BCUT2D eigenvalue weighted by atomic mass is 10.2. The zero-order chi connectivity index (χ0) is 15.8. The highest BCUT2D eigenvalue weighted by Crippen LogP contribution is 2.21. The van der Waals surface area contributed by atoms with Gasteiger partial charge in [-0.05, 0) is 12.1 Å². The van der Waals surface area contributed by atoms with E-state index in [1.54, 1.807) is 6.07 Å². The van der Waals surface area contributed by atoms with Crippen molar-refractivity contribution in [2.75, 3.05) is 5.73 Å². The molecule has 1 saturated heterocycles. The Labute approximate surface area is 119 Å². The van der Waals surface area contributed by atoms with E-state index in [2.05, 4.69) is 4.84 Å². The molecule has 1 aliphatic heterocycles. The number of hydrogen-bond acceptors (Lipinski definition) is 7. The van der Waals surface area contributed by atoms with Gasteiger partial charge in [0.05, 0.1) is 12.0 Å². The summed E-state index contributed by atoms with van der Waals surface area (Å²) in [5, 5.41) is -1.95. The summed E-state index contributed by atoms with van der Waals surface area (Å²) in [4.78, 5) is 39.6. The third-order valence-corrected chi connectivity index (χ3v) is 3.86. The molecule has 10 heteroatoms. The molecule has 0 radical (unpaired) electrons. The number of carbonyl (C=O) groups is 3. The molecule has 0 aliphatic carbocycles. The maximum Gasteiger partial charge on any atom is 0.365 e. The van der Waals surface area contributed by atoms with Crippen LogP contribution >= 0.6 is 0 Å². The maximum absolute atomic E-state index is 11.8. The number of imide groups is 1. The number of hydrogen-bond donors (Lipinski definition) is 2. The molecule has 2 amide bonds. The lowest BCUT2D eigenvalue weighted by Crippen LogP contribution is -2.36. The van der Waals surface area contributed by atoms with Crippen LogP contribution in [-0.4, -0.2) is 41.1 Å². The van der Waals surface area contributed by atoms with Crippen LogP contribution in [0.5, 0.6) is 0 Å². The molecule has 112 valence electrons. The van der Waals surface area contributed by atoms with E-state index in [9.17, 15) is 22.8 Å². The molecule has 0 spiro atoms. The molecule has 1 fully saturated rings. The average molecular weight is 314 g/mol. The van der Waals surface area contributed by atoms with Crippen LogP contribution in [-0.2, 0) is 24.5 Å². The van der Waals surface area contributed by atoms with Crippen LogP contribution in [0.4, 0.5) is 5.69 Å². The van der Waals surface area contributed by atoms with E-state index in [0.29, 0.717) is 0 Å². The Balaban J connectivity index is 2.21. The van der Waals surface area contributed by atoms with Gasteiger partial charge in [-0.3, -0.25) is 14.1 Å². The summed E-state index contributed by atoms with van der Waals surface area (Å²) in [6.45, 7) is 0. The van der Waals surface area contributed by atoms with Crippen molar-refractivity contribution >= 4 is 33.6 Å². The summed E-state index contributed by atoms with van der Waals surface area (Å²) in [7, 11) is -4.75. The van der Waals surface area contributed by atoms with Gasteiger partial charge < -0.3 is 10.6 Å². The predicted molar refractivity (Wildman–Crippen MR) is 68.1 cm³/mol. The number of nitrogen functional groups attached to an aromatic ring is 1. The van der Waals surface area contributed by atoms with E-state index in [4.69, 9.17) is 10.3 Å². The number of para-hydroxylation sites is 1. The maximum atomic E-state index is 11.8. The first-order valence-electron chi connectivity index (χ1n) is 5.61. The molecule has 1 heterocycles. The largest absolute Gasteiger partial charge is 0.398 e. The van der Waals surface area contributed by atoms with Crippen molar-refractivity contribution in [1.82, 2.24) is 5.06 Å². The normalized spacial score (nSPS) is 18.9. The van der Waals surface area contributed by atoms with Crippen molar-refractivity contribution in [2.24, 2.45) is 0 Å². The van der Waals surface area contributed by atoms with Crippen molar-refractivity contribution in [2.45, 2.75) is 11.7 Å². The Morgan fingerprint density at radius 1 is 1.33 bits per heavy atom. The van der Waals surface area contributed by atoms with Crippen LogP contribution < -0.4 is 5.73 Å². The van der Waals surface area contributed by atoms with Gasteiger partial charge in [-0.25, -0.2) is 4.79 Å². The zero-order valence-corrected chi connectivity index (χ0v) is 11.2. The van der Waals surface area contributed by atoms with E-state index in [1.807, 2.05) is 0 Å². The van der Waals surface area contributed by atoms with Gasteiger partial charge in [0.15, 0.2) is 5.25 Å². The number of carbonyl (C=O) groups excluding carboxylic acids is 3. The number of rotatable bonds is 3. The molecule has 0 bridgehead atoms. The first-order chi connectivity index (χ1) is 9.71. The lowest BCUT2D eigenvalue weighted by Gasteiger charge is -2.13. The summed E-state index contributed by atoms with van der Waals surface area (Å²) in [5.74, 6) is -3.47. The van der Waals surface area contributed by atoms with Crippen molar-refractivity contribution in [3.63, 3.8) is 0 Å². The number of nitrogens with zero attached hydrogens (tertiary/aromatic N) is 1. The molecule has 2 rings (SSSR count). The SMILES string of the molecule is Nc1ccccc1C(=O)ON1C(=O)CC(S(=O)(=O)O)C1=O. The molecular weight excluding hydrogens is 304 g/mol. The van der Waals surface area contributed by atoms with Gasteiger partial charge in [0.25, 0.3) is 21.9 Å². The van der Waals surface area contributed by atoms with Crippen molar-refractivity contribution < 1.29 is 32.2 Å². The van der Waals surface area contributed by atoms with E-state index in [1.165, 1.54) is 18.2 Å². The highest BCUT2D eigenvalue weighted by atomic mass is 32.2. The zero-order valence-electron chi connectivity index (χ0n) is 10.4. The summed E-state index contributed by atoms with van der Waals surface area (Å²) in [5.41, 5.74) is 5.51. The van der Waals surface area contributed by atoms with Crippen molar-refractivity contribution in [1.29, 1.82) is 0 Å². The fourth-order valence-corrected chi connectivity index (χ4v) is 2.43. The average Bonchev–Trinajstić information content (AvgIpc) is 2.67. The van der Waals surface area contributed by atoms with E-state index in [-0.39, 0.29) is 16.3 Å². The molecule has 1 aromatic carbocycles. The van der Waals surface area contributed by atoms with Gasteiger partial charge in [0.2, 0.25) is 0 Å². The second-order valence-electron chi connectivity index (χ2n) is 4.20. The topological polar surface area (TPSA) is 144 Å². The van der Waals surface area contributed by atoms with Crippen LogP contribution in [0.1, 0.15) is 16.8 Å². The highest BCUT2D eigenvalue weighted by molar-refractivity contribution is 7.87. The quantitative estimate of drug-likeness (QED) is 0.425. The Bertz CT molecular complexity index is 728. The number of nitrogens with two attached hydrogens (primary N) is 1. The molecular formula is C11H10N2O7S. The van der Waals surface area contributed by atoms with Gasteiger partial charge in [0.1, 0.15) is 0 Å². The second-order valence-corrected chi connectivity index (χ2v) is 5.80. The molecule has 0 saturated carbocycles. The summed E-state index contributed by atoms with van der Waals surface area (Å²) >= 11 is 0. The smallest absolute Gasteiger partial charge is 0.365 e. The van der Waals surface area contributed by atoms with Gasteiger partial charge >= 0.3 is 5.97 Å². The van der Waals surface area contributed by atoms with E-state index >= 15 is 0 Å². The number of amides is 2. The van der Waals surface area contributed by atoms with Crippen LogP contribution in [0.15, 0.2) is 24.3 Å². The third kappa shape index (κ3) is 2.85. The molecule has 1 atom stereocenters. The van der Waals surface area contributed by atoms with Gasteiger partial charge in [-0.15, -0.1) is 5.06 Å². The van der Waals surface area contributed by atoms with Crippen molar-refractivity contribution in [3.8, 4) is 0 Å². The number of hydroxylamine groups is 2. The molecule has 1 unspecified atom stereocenters. The van der Waals surface area contributed by atoms with Crippen LogP contribution in [0.3, 0.4) is 0 Å². The monoisotopic (exact) mass is 314 g/mol. The molecule has 1 aromatic rings. The molecule has 1 aliphatic rings. The van der Waals surface area contributed by atoms with E-state index < -0.39 is 39.6 Å². The molecule has 9 nitrogen and oxygen atoms in total. The number of anilines is 1. The fraction of sp³-hybridized carbons (Fsp3) is 0.182. The Morgan fingerprint density at radius 2 is 1.95 bits per heavy atom. The van der Waals surface area contributed by atoms with Crippen LogP contribution in [0, 0.1) is 0 Å². The Hall–Kier alpha value is -2.46. The lowest BCUT2D eigenvalue weighted by molar-refractivity contribution is -0.172. The predicted octanol–water partition coefficient (Wildman–Crippen LogP) is -0.644. The number of benzene rings is 1. The van der Waals surface area contributed by atoms with Gasteiger partial charge in [0, 0.05) is 5.69 Å². The van der Waals surface area contributed by atoms with Gasteiger partial charge in [-0.2, -0.15) is 8.42 Å². The first kappa shape index (κ1) is 14.9. The minimum absolute atomic E-state index is 0.0210. The minimum Gasteiger partial charge on any atom is -0.398 e. The minimum atomic E-state index is -4.75. The van der Waals surface area contributed by atoms with Crippen molar-refractivity contribution in [3.05, 3.63) is 29.8 Å². The summed E-state index contributed by atoms with van der Waals surface area (Å²) in [6.07, 6.45) is -0.796. The highest BCUT2D eigenvalue weighted by Gasteiger charge is 2.48. The third-order valence-electron chi connectivity index (χ3n) is 2.78. The van der Waals surface area contributed by atoms with Crippen LogP contribution in [0.25, 0.3) is 0 Å². The summed E-state index contributed by atoms with van der Waals surface area (Å²) < 4.78 is 30.7. The van der Waals surface area contributed by atoms with Crippen LogP contribution in [0.2, 0.25) is 0 Å². The fourth-order valence-electron chi connectivity index (χ4n) is 1.73.